The van der Waals surface area contributed by atoms with E-state index in [1.54, 1.807) is 0 Å². The summed E-state index contributed by atoms with van der Waals surface area (Å²) in [7, 11) is 0. The van der Waals surface area contributed by atoms with Gasteiger partial charge in [0, 0.05) is 18.7 Å². The minimum atomic E-state index is 0.261. The van der Waals surface area contributed by atoms with Gasteiger partial charge in [0.25, 0.3) is 0 Å². The molecular weight excluding hydrogens is 198 g/mol. The Balaban J connectivity index is 2.10. The lowest BCUT2D eigenvalue weighted by Crippen LogP contribution is -2.33. The minimum Gasteiger partial charge on any atom is -0.396 e. The second-order valence-electron chi connectivity index (χ2n) is 4.94. The van der Waals surface area contributed by atoms with E-state index >= 15 is 0 Å². The molecule has 1 aromatic carbocycles. The van der Waals surface area contributed by atoms with Gasteiger partial charge in [-0.1, -0.05) is 31.2 Å². The van der Waals surface area contributed by atoms with Crippen LogP contribution in [0, 0.1) is 5.92 Å². The zero-order valence-corrected chi connectivity index (χ0v) is 10.1. The number of aliphatic hydroxyl groups is 1. The number of rotatable bonds is 4. The summed E-state index contributed by atoms with van der Waals surface area (Å²) in [6.07, 6.45) is 1.99. The molecule has 0 amide bonds. The molecule has 1 aliphatic rings. The van der Waals surface area contributed by atoms with Crippen LogP contribution < -0.4 is 5.32 Å². The summed E-state index contributed by atoms with van der Waals surface area (Å²) in [5, 5.41) is 12.6. The van der Waals surface area contributed by atoms with Crippen LogP contribution in [0.25, 0.3) is 0 Å². The van der Waals surface area contributed by atoms with E-state index < -0.39 is 0 Å². The maximum Gasteiger partial charge on any atom is 0.0445 e. The van der Waals surface area contributed by atoms with Crippen molar-refractivity contribution in [1.82, 2.24) is 5.32 Å². The first-order valence-electron chi connectivity index (χ1n) is 6.17. The highest BCUT2D eigenvalue weighted by Gasteiger charge is 2.29. The Bertz CT molecular complexity index is 350. The first-order valence-corrected chi connectivity index (χ1v) is 6.17. The van der Waals surface area contributed by atoms with Crippen LogP contribution in [-0.4, -0.2) is 17.8 Å². The van der Waals surface area contributed by atoms with Gasteiger partial charge in [-0.15, -0.1) is 0 Å². The monoisotopic (exact) mass is 219 g/mol. The quantitative estimate of drug-likeness (QED) is 0.814. The highest BCUT2D eigenvalue weighted by Crippen LogP contribution is 2.35. The Hall–Kier alpha value is -0.860. The second kappa shape index (κ2) is 4.98. The molecule has 0 saturated heterocycles. The molecule has 1 aromatic rings. The van der Waals surface area contributed by atoms with E-state index in [4.69, 9.17) is 5.11 Å². The van der Waals surface area contributed by atoms with Crippen molar-refractivity contribution in [2.45, 2.75) is 38.8 Å². The molecule has 2 rings (SSSR count). The van der Waals surface area contributed by atoms with Crippen molar-refractivity contribution in [3.05, 3.63) is 35.4 Å². The predicted octanol–water partition coefficient (Wildman–Crippen LogP) is 2.28. The van der Waals surface area contributed by atoms with Crippen molar-refractivity contribution in [3.63, 3.8) is 0 Å². The molecular formula is C14H21NO. The van der Waals surface area contributed by atoms with Crippen LogP contribution in [0.15, 0.2) is 24.3 Å². The van der Waals surface area contributed by atoms with Gasteiger partial charge < -0.3 is 10.4 Å². The molecule has 0 aliphatic heterocycles. The van der Waals surface area contributed by atoms with Crippen molar-refractivity contribution < 1.29 is 5.11 Å². The lowest BCUT2D eigenvalue weighted by Gasteiger charge is -2.23. The standard InChI is InChI=1S/C14H21NO/c1-10-9-12-5-3-4-6-13(12)14(10)15-11(2)7-8-16/h3-6,10-11,14-16H,7-9H2,1-2H3. The third kappa shape index (κ3) is 2.28. The van der Waals surface area contributed by atoms with Crippen molar-refractivity contribution >= 4 is 0 Å². The van der Waals surface area contributed by atoms with E-state index in [1.165, 1.54) is 17.5 Å². The van der Waals surface area contributed by atoms with Crippen LogP contribution >= 0.6 is 0 Å². The molecule has 2 heteroatoms. The average molecular weight is 219 g/mol. The SMILES string of the molecule is CC(CCO)NC1c2ccccc2CC1C. The fourth-order valence-electron chi connectivity index (χ4n) is 2.63. The zero-order chi connectivity index (χ0) is 11.5. The Labute approximate surface area is 97.7 Å². The third-order valence-corrected chi connectivity index (χ3v) is 3.53. The minimum absolute atomic E-state index is 0.261. The highest BCUT2D eigenvalue weighted by atomic mass is 16.3. The first-order chi connectivity index (χ1) is 7.72. The molecule has 2 N–H and O–H groups in total. The largest absolute Gasteiger partial charge is 0.396 e. The van der Waals surface area contributed by atoms with E-state index in [1.807, 2.05) is 0 Å². The highest BCUT2D eigenvalue weighted by molar-refractivity contribution is 5.35. The van der Waals surface area contributed by atoms with Gasteiger partial charge in [-0.05, 0) is 36.8 Å². The smallest absolute Gasteiger partial charge is 0.0445 e. The molecule has 3 atom stereocenters. The molecule has 0 radical (unpaired) electrons. The fourth-order valence-corrected chi connectivity index (χ4v) is 2.63. The van der Waals surface area contributed by atoms with Crippen molar-refractivity contribution in [3.8, 4) is 0 Å². The maximum atomic E-state index is 8.93. The molecule has 16 heavy (non-hydrogen) atoms. The molecule has 0 aromatic heterocycles. The zero-order valence-electron chi connectivity index (χ0n) is 10.1. The summed E-state index contributed by atoms with van der Waals surface area (Å²) in [6.45, 7) is 4.70. The van der Waals surface area contributed by atoms with Gasteiger partial charge in [0.05, 0.1) is 0 Å². The lowest BCUT2D eigenvalue weighted by atomic mass is 10.0. The fraction of sp³-hybridized carbons (Fsp3) is 0.571. The topological polar surface area (TPSA) is 32.3 Å². The lowest BCUT2D eigenvalue weighted by molar-refractivity contribution is 0.256. The van der Waals surface area contributed by atoms with Gasteiger partial charge in [0.1, 0.15) is 0 Å². The van der Waals surface area contributed by atoms with E-state index in [-0.39, 0.29) is 6.61 Å². The van der Waals surface area contributed by atoms with Crippen molar-refractivity contribution in [2.24, 2.45) is 5.92 Å². The van der Waals surface area contributed by atoms with E-state index in [9.17, 15) is 0 Å². The summed E-state index contributed by atoms with van der Waals surface area (Å²) in [4.78, 5) is 0. The number of hydrogen-bond acceptors (Lipinski definition) is 2. The summed E-state index contributed by atoms with van der Waals surface area (Å²) in [5.74, 6) is 0.651. The third-order valence-electron chi connectivity index (χ3n) is 3.53. The molecule has 1 aliphatic carbocycles. The summed E-state index contributed by atoms with van der Waals surface area (Å²) < 4.78 is 0. The normalized spacial score (nSPS) is 25.4. The van der Waals surface area contributed by atoms with Crippen LogP contribution in [0.5, 0.6) is 0 Å². The number of benzene rings is 1. The van der Waals surface area contributed by atoms with E-state index in [0.717, 1.165) is 6.42 Å². The Morgan fingerprint density at radius 3 is 2.94 bits per heavy atom. The molecule has 2 nitrogen and oxygen atoms in total. The number of nitrogens with one attached hydrogen (secondary N) is 1. The van der Waals surface area contributed by atoms with E-state index in [2.05, 4.69) is 43.4 Å². The number of aliphatic hydroxyl groups excluding tert-OH is 1. The molecule has 0 bridgehead atoms. The van der Waals surface area contributed by atoms with Gasteiger partial charge in [0.2, 0.25) is 0 Å². The Morgan fingerprint density at radius 2 is 2.19 bits per heavy atom. The van der Waals surface area contributed by atoms with Gasteiger partial charge in [-0.3, -0.25) is 0 Å². The first kappa shape index (κ1) is 11.6. The van der Waals surface area contributed by atoms with Crippen LogP contribution in [0.1, 0.15) is 37.4 Å². The molecule has 88 valence electrons. The van der Waals surface area contributed by atoms with Crippen molar-refractivity contribution in [1.29, 1.82) is 0 Å². The summed E-state index contributed by atoms with van der Waals surface area (Å²) in [6, 6.07) is 9.51. The Morgan fingerprint density at radius 1 is 1.44 bits per heavy atom. The maximum absolute atomic E-state index is 8.93. The van der Waals surface area contributed by atoms with Gasteiger partial charge in [0.15, 0.2) is 0 Å². The van der Waals surface area contributed by atoms with Crippen LogP contribution in [0.4, 0.5) is 0 Å². The molecule has 3 unspecified atom stereocenters. The van der Waals surface area contributed by atoms with Crippen LogP contribution in [0.3, 0.4) is 0 Å². The molecule has 0 fully saturated rings. The predicted molar refractivity (Wildman–Crippen MR) is 66.4 cm³/mol. The van der Waals surface area contributed by atoms with Crippen LogP contribution in [-0.2, 0) is 6.42 Å². The summed E-state index contributed by atoms with van der Waals surface area (Å²) in [5.41, 5.74) is 2.92. The molecule has 0 saturated carbocycles. The van der Waals surface area contributed by atoms with Crippen LogP contribution in [0.2, 0.25) is 0 Å². The van der Waals surface area contributed by atoms with E-state index in [0.29, 0.717) is 18.0 Å². The second-order valence-corrected chi connectivity index (χ2v) is 4.94. The van der Waals surface area contributed by atoms with Gasteiger partial charge >= 0.3 is 0 Å². The average Bonchev–Trinajstić information content (AvgIpc) is 2.56. The summed E-state index contributed by atoms with van der Waals surface area (Å²) >= 11 is 0. The van der Waals surface area contributed by atoms with Gasteiger partial charge in [-0.2, -0.15) is 0 Å². The number of hydrogen-bond donors (Lipinski definition) is 2. The number of fused-ring (bicyclic) bond motifs is 1. The Kier molecular flexibility index (Phi) is 3.62. The van der Waals surface area contributed by atoms with Gasteiger partial charge in [-0.25, -0.2) is 0 Å². The molecule has 0 spiro atoms. The van der Waals surface area contributed by atoms with Crippen molar-refractivity contribution in [2.75, 3.05) is 6.61 Å². The molecule has 0 heterocycles.